The van der Waals surface area contributed by atoms with E-state index in [1.807, 2.05) is 24.5 Å². The van der Waals surface area contributed by atoms with E-state index in [0.29, 0.717) is 5.56 Å². The standard InChI is InChI=1S/C21H17BrO3S/c1-24-21(23)20-18(26-2)11-16(12-3-5-13(22)6-4-12)14-7-8-17-15(19(14)20)9-10-25-17/h3-6,9-11H,7-8H2,1-2H3. The van der Waals surface area contributed by atoms with E-state index in [-0.39, 0.29) is 5.97 Å². The first-order valence-corrected chi connectivity index (χ1v) is 10.3. The molecule has 1 heterocycles. The summed E-state index contributed by atoms with van der Waals surface area (Å²) in [6.45, 7) is 0. The van der Waals surface area contributed by atoms with Crippen LogP contribution in [-0.4, -0.2) is 19.3 Å². The summed E-state index contributed by atoms with van der Waals surface area (Å²) in [6.07, 6.45) is 5.35. The molecule has 0 spiro atoms. The summed E-state index contributed by atoms with van der Waals surface area (Å²) in [5, 5.41) is 0. The van der Waals surface area contributed by atoms with Crippen molar-refractivity contribution in [1.29, 1.82) is 0 Å². The quantitative estimate of drug-likeness (QED) is 0.379. The Morgan fingerprint density at radius 3 is 2.62 bits per heavy atom. The first-order valence-electron chi connectivity index (χ1n) is 8.29. The maximum atomic E-state index is 12.6. The Bertz CT molecular complexity index is 989. The fourth-order valence-corrected chi connectivity index (χ4v) is 4.49. The minimum atomic E-state index is -0.304. The summed E-state index contributed by atoms with van der Waals surface area (Å²) in [4.78, 5) is 13.5. The van der Waals surface area contributed by atoms with E-state index in [1.54, 1.807) is 18.0 Å². The number of furan rings is 1. The molecule has 0 saturated heterocycles. The van der Waals surface area contributed by atoms with Crippen molar-refractivity contribution < 1.29 is 13.9 Å². The minimum absolute atomic E-state index is 0.304. The van der Waals surface area contributed by atoms with Gasteiger partial charge in [0.05, 0.1) is 18.9 Å². The number of thioether (sulfide) groups is 1. The van der Waals surface area contributed by atoms with Crippen molar-refractivity contribution >= 4 is 33.7 Å². The molecule has 0 radical (unpaired) electrons. The Morgan fingerprint density at radius 2 is 1.92 bits per heavy atom. The van der Waals surface area contributed by atoms with Crippen LogP contribution in [0, 0.1) is 0 Å². The SMILES string of the molecule is COC(=O)c1c(SC)cc(-c2ccc(Br)cc2)c2c1-c1ccoc1CC2. The van der Waals surface area contributed by atoms with E-state index in [0.717, 1.165) is 50.2 Å². The lowest BCUT2D eigenvalue weighted by Gasteiger charge is -2.24. The Hall–Kier alpha value is -1.98. The Balaban J connectivity index is 2.06. The smallest absolute Gasteiger partial charge is 0.339 e. The number of rotatable bonds is 3. The molecule has 3 aromatic rings. The van der Waals surface area contributed by atoms with Crippen LogP contribution in [-0.2, 0) is 17.6 Å². The highest BCUT2D eigenvalue weighted by molar-refractivity contribution is 9.10. The lowest BCUT2D eigenvalue weighted by Crippen LogP contribution is -2.13. The fraction of sp³-hybridized carbons (Fsp3) is 0.190. The summed E-state index contributed by atoms with van der Waals surface area (Å²) in [5.41, 5.74) is 6.08. The molecule has 0 fully saturated rings. The van der Waals surface area contributed by atoms with Gasteiger partial charge >= 0.3 is 5.97 Å². The van der Waals surface area contributed by atoms with Gasteiger partial charge in [-0.15, -0.1) is 11.8 Å². The molecule has 5 heteroatoms. The Morgan fingerprint density at radius 1 is 1.15 bits per heavy atom. The number of esters is 1. The van der Waals surface area contributed by atoms with Crippen LogP contribution in [0.4, 0.5) is 0 Å². The highest BCUT2D eigenvalue weighted by atomic mass is 79.9. The molecule has 0 amide bonds. The predicted molar refractivity (Wildman–Crippen MR) is 108 cm³/mol. The monoisotopic (exact) mass is 428 g/mol. The van der Waals surface area contributed by atoms with Crippen LogP contribution >= 0.6 is 27.7 Å². The van der Waals surface area contributed by atoms with Gasteiger partial charge in [0.25, 0.3) is 0 Å². The topological polar surface area (TPSA) is 39.4 Å². The molecule has 1 aliphatic rings. The van der Waals surface area contributed by atoms with Crippen LogP contribution < -0.4 is 0 Å². The molecule has 0 aliphatic heterocycles. The number of hydrogen-bond donors (Lipinski definition) is 0. The van der Waals surface area contributed by atoms with Gasteiger partial charge in [0, 0.05) is 26.9 Å². The van der Waals surface area contributed by atoms with Gasteiger partial charge in [-0.25, -0.2) is 4.79 Å². The number of carbonyl (C=O) groups excluding carboxylic acids is 1. The second-order valence-electron chi connectivity index (χ2n) is 6.11. The van der Waals surface area contributed by atoms with Crippen LogP contribution in [0.2, 0.25) is 0 Å². The lowest BCUT2D eigenvalue weighted by molar-refractivity contribution is 0.0597. The van der Waals surface area contributed by atoms with Crippen LogP contribution in [0.15, 0.2) is 56.4 Å². The van der Waals surface area contributed by atoms with Gasteiger partial charge in [-0.2, -0.15) is 0 Å². The third kappa shape index (κ3) is 2.79. The van der Waals surface area contributed by atoms with Gasteiger partial charge in [0.1, 0.15) is 5.76 Å². The number of aryl methyl sites for hydroxylation is 1. The number of benzene rings is 2. The molecule has 2 aromatic carbocycles. The molecule has 132 valence electrons. The normalized spacial score (nSPS) is 12.4. The summed E-state index contributed by atoms with van der Waals surface area (Å²) in [5.74, 6) is 0.629. The van der Waals surface area contributed by atoms with Crippen LogP contribution in [0.5, 0.6) is 0 Å². The number of methoxy groups -OCH3 is 1. The maximum absolute atomic E-state index is 12.6. The van der Waals surface area contributed by atoms with Gasteiger partial charge < -0.3 is 9.15 Å². The average molecular weight is 429 g/mol. The molecule has 26 heavy (non-hydrogen) atoms. The maximum Gasteiger partial charge on any atom is 0.339 e. The van der Waals surface area contributed by atoms with E-state index in [2.05, 4.69) is 34.1 Å². The van der Waals surface area contributed by atoms with E-state index >= 15 is 0 Å². The van der Waals surface area contributed by atoms with Crippen molar-refractivity contribution in [2.45, 2.75) is 17.7 Å². The average Bonchev–Trinajstić information content (AvgIpc) is 3.15. The van der Waals surface area contributed by atoms with Crippen molar-refractivity contribution in [3.63, 3.8) is 0 Å². The van der Waals surface area contributed by atoms with Gasteiger partial charge in [-0.3, -0.25) is 0 Å². The number of halogens is 1. The van der Waals surface area contributed by atoms with Gasteiger partial charge in [0.15, 0.2) is 0 Å². The summed E-state index contributed by atoms with van der Waals surface area (Å²) in [7, 11) is 1.43. The number of ether oxygens (including phenoxy) is 1. The molecular weight excluding hydrogens is 412 g/mol. The fourth-order valence-electron chi connectivity index (χ4n) is 3.60. The highest BCUT2D eigenvalue weighted by Crippen LogP contribution is 2.45. The zero-order valence-corrected chi connectivity index (χ0v) is 16.9. The van der Waals surface area contributed by atoms with Crippen molar-refractivity contribution in [1.82, 2.24) is 0 Å². The van der Waals surface area contributed by atoms with Crippen molar-refractivity contribution in [3.8, 4) is 22.3 Å². The van der Waals surface area contributed by atoms with Crippen LogP contribution in [0.1, 0.15) is 21.7 Å². The van der Waals surface area contributed by atoms with E-state index in [1.165, 1.54) is 12.7 Å². The second kappa shape index (κ2) is 6.97. The van der Waals surface area contributed by atoms with Crippen LogP contribution in [0.25, 0.3) is 22.3 Å². The third-order valence-corrected chi connectivity index (χ3v) is 6.07. The first-order chi connectivity index (χ1) is 12.6. The zero-order chi connectivity index (χ0) is 18.3. The van der Waals surface area contributed by atoms with Crippen molar-refractivity contribution in [3.05, 3.63) is 64.0 Å². The Kier molecular flexibility index (Phi) is 4.67. The molecule has 4 rings (SSSR count). The molecule has 0 bridgehead atoms. The van der Waals surface area contributed by atoms with E-state index in [9.17, 15) is 4.79 Å². The van der Waals surface area contributed by atoms with Gasteiger partial charge in [-0.05, 0) is 53.6 Å². The molecular formula is C21H17BrO3S. The first kappa shape index (κ1) is 17.4. The largest absolute Gasteiger partial charge is 0.469 e. The molecule has 1 aliphatic carbocycles. The molecule has 0 unspecified atom stereocenters. The Labute approximate surface area is 164 Å². The number of hydrogen-bond acceptors (Lipinski definition) is 4. The molecule has 3 nitrogen and oxygen atoms in total. The predicted octanol–water partition coefficient (Wildman–Crippen LogP) is 5.98. The van der Waals surface area contributed by atoms with Crippen molar-refractivity contribution in [2.24, 2.45) is 0 Å². The van der Waals surface area contributed by atoms with E-state index in [4.69, 9.17) is 9.15 Å². The molecule has 1 aromatic heterocycles. The third-order valence-electron chi connectivity index (χ3n) is 4.78. The highest BCUT2D eigenvalue weighted by Gasteiger charge is 2.30. The second-order valence-corrected chi connectivity index (χ2v) is 7.87. The van der Waals surface area contributed by atoms with Crippen LogP contribution in [0.3, 0.4) is 0 Å². The van der Waals surface area contributed by atoms with Gasteiger partial charge in [-0.1, -0.05) is 28.1 Å². The summed E-state index contributed by atoms with van der Waals surface area (Å²) < 4.78 is 11.8. The summed E-state index contributed by atoms with van der Waals surface area (Å²) in [6, 6.07) is 12.4. The van der Waals surface area contributed by atoms with Crippen molar-refractivity contribution in [2.75, 3.05) is 13.4 Å². The molecule has 0 N–H and O–H groups in total. The number of carbonyl (C=O) groups is 1. The molecule has 0 saturated carbocycles. The zero-order valence-electron chi connectivity index (χ0n) is 14.5. The summed E-state index contributed by atoms with van der Waals surface area (Å²) >= 11 is 5.06. The number of fused-ring (bicyclic) bond motifs is 3. The van der Waals surface area contributed by atoms with E-state index < -0.39 is 0 Å². The lowest BCUT2D eigenvalue weighted by atomic mass is 9.82. The minimum Gasteiger partial charge on any atom is -0.469 e. The van der Waals surface area contributed by atoms with Gasteiger partial charge in [0.2, 0.25) is 0 Å². The molecule has 0 atom stereocenters.